The molecule has 24 heavy (non-hydrogen) atoms. The van der Waals surface area contributed by atoms with E-state index in [1.807, 2.05) is 0 Å². The lowest BCUT2D eigenvalue weighted by Gasteiger charge is -2.35. The molecule has 1 heterocycles. The second-order valence-electron chi connectivity index (χ2n) is 6.52. The number of aromatic nitrogens is 1. The van der Waals surface area contributed by atoms with Gasteiger partial charge in [-0.15, -0.1) is 0 Å². The quantitative estimate of drug-likeness (QED) is 0.588. The summed E-state index contributed by atoms with van der Waals surface area (Å²) in [5, 5.41) is 4.50. The van der Waals surface area contributed by atoms with Gasteiger partial charge in [0.2, 0.25) is 0 Å². The van der Waals surface area contributed by atoms with Crippen LogP contribution in [-0.4, -0.2) is 11.6 Å². The van der Waals surface area contributed by atoms with E-state index in [4.69, 9.17) is 40.5 Å². The smallest absolute Gasteiger partial charge is 0.337 e. The fraction of sp³-hybridized carbons (Fsp3) is 0.562. The minimum absolute atomic E-state index is 0.0399. The van der Waals surface area contributed by atoms with Crippen molar-refractivity contribution in [3.05, 3.63) is 20.9 Å². The van der Waals surface area contributed by atoms with Crippen LogP contribution in [0.15, 0.2) is 5.10 Å². The third-order valence-electron chi connectivity index (χ3n) is 5.03. The number of fused-ring (bicyclic) bond motifs is 1. The number of hydrogen-bond acceptors (Lipinski definition) is 3. The Kier molecular flexibility index (Phi) is 5.52. The summed E-state index contributed by atoms with van der Waals surface area (Å²) in [6.45, 7) is 0. The van der Waals surface area contributed by atoms with Crippen LogP contribution in [0.25, 0.3) is 0 Å². The number of aromatic amines is 1. The molecule has 0 aromatic carbocycles. The van der Waals surface area contributed by atoms with Crippen molar-refractivity contribution in [1.82, 2.24) is 5.43 Å². The van der Waals surface area contributed by atoms with Gasteiger partial charge in [0.1, 0.15) is 10.0 Å². The number of nitrogens with two attached hydrogens (primary N) is 1. The highest BCUT2D eigenvalue weighted by Gasteiger charge is 2.31. The van der Waals surface area contributed by atoms with Crippen LogP contribution in [0.5, 0.6) is 0 Å². The van der Waals surface area contributed by atoms with E-state index in [1.165, 1.54) is 25.7 Å². The SMILES string of the molecule is Nc1c(Cl)c(Cl)[nH+]c(C(=O)N/N=C2/CC[C@@H]3CCCC[C@@H]3C2)c1Cl. The van der Waals surface area contributed by atoms with Crippen molar-refractivity contribution < 1.29 is 9.78 Å². The molecular formula is C16H20Cl3N4O+. The summed E-state index contributed by atoms with van der Waals surface area (Å²) in [5.74, 6) is 1.05. The zero-order valence-electron chi connectivity index (χ0n) is 13.2. The number of carbonyl (C=O) groups excluding carboxylic acids is 1. The Balaban J connectivity index is 1.69. The molecule has 8 heteroatoms. The van der Waals surface area contributed by atoms with E-state index in [9.17, 15) is 4.79 Å². The summed E-state index contributed by atoms with van der Waals surface area (Å²) in [6, 6.07) is 0. The van der Waals surface area contributed by atoms with Gasteiger partial charge in [-0.1, -0.05) is 42.5 Å². The van der Waals surface area contributed by atoms with Crippen LogP contribution in [0.1, 0.15) is 55.4 Å². The predicted molar refractivity (Wildman–Crippen MR) is 96.6 cm³/mol. The minimum atomic E-state index is -0.483. The van der Waals surface area contributed by atoms with Crippen LogP contribution in [0.4, 0.5) is 5.69 Å². The van der Waals surface area contributed by atoms with E-state index in [0.717, 1.165) is 30.9 Å². The van der Waals surface area contributed by atoms with E-state index >= 15 is 0 Å². The van der Waals surface area contributed by atoms with Crippen LogP contribution in [0, 0.1) is 11.8 Å². The maximum absolute atomic E-state index is 12.3. The zero-order chi connectivity index (χ0) is 17.3. The maximum Gasteiger partial charge on any atom is 0.337 e. The van der Waals surface area contributed by atoms with Crippen LogP contribution in [0.3, 0.4) is 0 Å². The van der Waals surface area contributed by atoms with Gasteiger partial charge < -0.3 is 5.73 Å². The molecule has 0 radical (unpaired) electrons. The van der Waals surface area contributed by atoms with E-state index in [0.29, 0.717) is 5.92 Å². The Morgan fingerprint density at radius 3 is 2.58 bits per heavy atom. The summed E-state index contributed by atoms with van der Waals surface area (Å²) in [5.41, 5.74) is 9.47. The Bertz CT molecular complexity index is 692. The second-order valence-corrected chi connectivity index (χ2v) is 7.66. The predicted octanol–water partition coefficient (Wildman–Crippen LogP) is 4.12. The highest BCUT2D eigenvalue weighted by molar-refractivity contribution is 6.45. The van der Waals surface area contributed by atoms with E-state index in [-0.39, 0.29) is 26.6 Å². The van der Waals surface area contributed by atoms with Gasteiger partial charge >= 0.3 is 5.91 Å². The molecule has 2 atom stereocenters. The molecule has 0 aliphatic heterocycles. The fourth-order valence-electron chi connectivity index (χ4n) is 3.70. The van der Waals surface area contributed by atoms with Crippen molar-refractivity contribution >= 4 is 52.1 Å². The van der Waals surface area contributed by atoms with E-state index in [1.54, 1.807) is 0 Å². The number of anilines is 1. The molecule has 3 rings (SSSR count). The number of nitrogens with zero attached hydrogens (tertiary/aromatic N) is 1. The first-order chi connectivity index (χ1) is 11.5. The Labute approximate surface area is 155 Å². The first-order valence-corrected chi connectivity index (χ1v) is 9.31. The number of pyridine rings is 1. The molecule has 1 aromatic rings. The van der Waals surface area contributed by atoms with Gasteiger partial charge in [-0.2, -0.15) is 10.1 Å². The molecule has 0 saturated heterocycles. The molecule has 1 amide bonds. The molecule has 2 fully saturated rings. The average Bonchev–Trinajstić information content (AvgIpc) is 2.60. The molecule has 1 aromatic heterocycles. The first kappa shape index (κ1) is 17.8. The van der Waals surface area contributed by atoms with E-state index < -0.39 is 5.91 Å². The highest BCUT2D eigenvalue weighted by atomic mass is 35.5. The number of hydrazone groups is 1. The van der Waals surface area contributed by atoms with Crippen molar-refractivity contribution in [2.75, 3.05) is 5.73 Å². The normalized spacial score (nSPS) is 25.4. The Hall–Kier alpha value is -1.04. The average molecular weight is 391 g/mol. The minimum Gasteiger partial charge on any atom is -0.396 e. The first-order valence-electron chi connectivity index (χ1n) is 8.18. The topological polar surface area (TPSA) is 81.6 Å². The number of amides is 1. The molecule has 2 saturated carbocycles. The summed E-state index contributed by atoms with van der Waals surface area (Å²) < 4.78 is 0. The van der Waals surface area contributed by atoms with Crippen molar-refractivity contribution in [3.63, 3.8) is 0 Å². The lowest BCUT2D eigenvalue weighted by Crippen LogP contribution is -2.32. The lowest BCUT2D eigenvalue weighted by atomic mass is 9.70. The van der Waals surface area contributed by atoms with Gasteiger partial charge in [0.25, 0.3) is 10.8 Å². The molecule has 0 bridgehead atoms. The van der Waals surface area contributed by atoms with Crippen molar-refractivity contribution in [2.24, 2.45) is 16.9 Å². The number of rotatable bonds is 2. The van der Waals surface area contributed by atoms with Gasteiger partial charge in [-0.25, -0.2) is 5.43 Å². The molecule has 0 unspecified atom stereocenters. The van der Waals surface area contributed by atoms with Gasteiger partial charge in [0.15, 0.2) is 0 Å². The Morgan fingerprint density at radius 1 is 1.12 bits per heavy atom. The number of nitrogens with one attached hydrogen (secondary N) is 2. The number of carbonyl (C=O) groups is 1. The molecule has 5 nitrogen and oxygen atoms in total. The molecular weight excluding hydrogens is 371 g/mol. The summed E-state index contributed by atoms with van der Waals surface area (Å²) in [7, 11) is 0. The van der Waals surface area contributed by atoms with Gasteiger partial charge in [-0.3, -0.25) is 4.79 Å². The van der Waals surface area contributed by atoms with Crippen molar-refractivity contribution in [3.8, 4) is 0 Å². The molecule has 2 aliphatic carbocycles. The molecule has 130 valence electrons. The fourth-order valence-corrected chi connectivity index (χ4v) is 4.32. The third kappa shape index (κ3) is 3.63. The molecule has 0 spiro atoms. The summed E-state index contributed by atoms with van der Waals surface area (Å²) in [6.07, 6.45) is 8.30. The maximum atomic E-state index is 12.3. The molecule has 2 aliphatic rings. The van der Waals surface area contributed by atoms with Crippen LogP contribution >= 0.6 is 34.8 Å². The zero-order valence-corrected chi connectivity index (χ0v) is 15.4. The van der Waals surface area contributed by atoms with Crippen LogP contribution in [0.2, 0.25) is 15.2 Å². The number of H-pyrrole nitrogens is 1. The van der Waals surface area contributed by atoms with Gasteiger partial charge in [0.05, 0.1) is 5.69 Å². The summed E-state index contributed by atoms with van der Waals surface area (Å²) >= 11 is 17.9. The third-order valence-corrected chi connectivity index (χ3v) is 6.20. The van der Waals surface area contributed by atoms with Crippen LogP contribution in [-0.2, 0) is 0 Å². The standard InChI is InChI=1S/C16H19Cl3N4O/c17-11-13(20)12(18)15(19)21-14(11)16(24)23-22-10-6-5-8-3-1-2-4-9(8)7-10/h8-9H,1-7H2,(H2,20,21)(H,23,24)/p+1/b22-10-/t8-,9+/m0/s1. The van der Waals surface area contributed by atoms with Gasteiger partial charge in [0, 0.05) is 5.71 Å². The highest BCUT2D eigenvalue weighted by Crippen LogP contribution is 2.39. The number of nitrogen functional groups attached to an aromatic ring is 1. The molecule has 4 N–H and O–H groups in total. The Morgan fingerprint density at radius 2 is 1.83 bits per heavy atom. The van der Waals surface area contributed by atoms with E-state index in [2.05, 4.69) is 15.5 Å². The summed E-state index contributed by atoms with van der Waals surface area (Å²) in [4.78, 5) is 15.0. The van der Waals surface area contributed by atoms with Crippen LogP contribution < -0.4 is 16.1 Å². The largest absolute Gasteiger partial charge is 0.396 e. The van der Waals surface area contributed by atoms with Crippen molar-refractivity contribution in [2.45, 2.75) is 44.9 Å². The second kappa shape index (κ2) is 7.46. The number of halogens is 3. The lowest BCUT2D eigenvalue weighted by molar-refractivity contribution is -0.379. The monoisotopic (exact) mass is 389 g/mol. The van der Waals surface area contributed by atoms with Gasteiger partial charge in [-0.05, 0) is 49.1 Å². The number of hydrogen-bond donors (Lipinski definition) is 2. The van der Waals surface area contributed by atoms with Crippen molar-refractivity contribution in [1.29, 1.82) is 0 Å².